The van der Waals surface area contributed by atoms with Crippen LogP contribution in [0.4, 0.5) is 22.4 Å². The van der Waals surface area contributed by atoms with Crippen LogP contribution >= 0.6 is 0 Å². The van der Waals surface area contributed by atoms with Crippen LogP contribution in [0.25, 0.3) is 0 Å². The molecule has 0 radical (unpaired) electrons. The second kappa shape index (κ2) is 6.96. The Hall–Kier alpha value is -2.25. The highest BCUT2D eigenvalue weighted by Crippen LogP contribution is 2.21. The van der Waals surface area contributed by atoms with Gasteiger partial charge < -0.3 is 26.0 Å². The van der Waals surface area contributed by atoms with Crippen molar-refractivity contribution in [1.82, 2.24) is 15.3 Å². The Kier molecular flexibility index (Phi) is 5.02. The second-order valence-electron chi connectivity index (χ2n) is 4.96. The van der Waals surface area contributed by atoms with Gasteiger partial charge >= 0.3 is 6.09 Å². The zero-order valence-corrected chi connectivity index (χ0v) is 12.4. The van der Waals surface area contributed by atoms with E-state index in [9.17, 15) is 4.79 Å². The average molecular weight is 294 g/mol. The minimum atomic E-state index is -0.408. The largest absolute Gasteiger partial charge is 0.453 e. The van der Waals surface area contributed by atoms with Gasteiger partial charge in [0.25, 0.3) is 0 Å². The van der Waals surface area contributed by atoms with Gasteiger partial charge in [0.15, 0.2) is 0 Å². The van der Waals surface area contributed by atoms with Crippen molar-refractivity contribution in [2.45, 2.75) is 25.8 Å². The second-order valence-corrected chi connectivity index (χ2v) is 4.96. The summed E-state index contributed by atoms with van der Waals surface area (Å²) in [5.41, 5.74) is 5.76. The number of alkyl carbamates (subject to hydrolysis) is 1. The fourth-order valence-corrected chi connectivity index (χ4v) is 2.27. The number of carbonyl (C=O) groups excluding carboxylic acids is 1. The maximum atomic E-state index is 11.2. The molecule has 2 heterocycles. The van der Waals surface area contributed by atoms with Crippen LogP contribution in [0.1, 0.15) is 19.8 Å². The van der Waals surface area contributed by atoms with E-state index >= 15 is 0 Å². The van der Waals surface area contributed by atoms with E-state index in [0.29, 0.717) is 6.54 Å². The summed E-state index contributed by atoms with van der Waals surface area (Å²) in [4.78, 5) is 21.7. The molecule has 116 valence electrons. The van der Waals surface area contributed by atoms with E-state index in [1.54, 1.807) is 0 Å². The fraction of sp³-hybridized carbons (Fsp3) is 0.615. The summed E-state index contributed by atoms with van der Waals surface area (Å²) < 4.78 is 4.61. The summed E-state index contributed by atoms with van der Waals surface area (Å²) in [6.45, 7) is 4.40. The summed E-state index contributed by atoms with van der Waals surface area (Å²) >= 11 is 0. The lowest BCUT2D eigenvalue weighted by molar-refractivity contribution is 0.167. The molecule has 8 nitrogen and oxygen atoms in total. The maximum Gasteiger partial charge on any atom is 0.407 e. The Morgan fingerprint density at radius 1 is 1.57 bits per heavy atom. The Balaban J connectivity index is 2.01. The van der Waals surface area contributed by atoms with Gasteiger partial charge in [-0.15, -0.1) is 0 Å². The van der Waals surface area contributed by atoms with E-state index in [2.05, 4.69) is 37.2 Å². The standard InChI is InChI=1S/C13H22N6O2/c1-3-5-15-10-7-11(18-12(14)17-10)19-6-4-9(8-19)16-13(20)21-2/h7,9H,3-6,8H2,1-2H3,(H,16,20)(H3,14,15,17,18). The number of methoxy groups -OCH3 is 1. The van der Waals surface area contributed by atoms with Gasteiger partial charge in [-0.2, -0.15) is 9.97 Å². The molecule has 0 aliphatic carbocycles. The van der Waals surface area contributed by atoms with Crippen LogP contribution in [0.5, 0.6) is 0 Å². The van der Waals surface area contributed by atoms with Crippen LogP contribution in [-0.2, 0) is 4.74 Å². The predicted octanol–water partition coefficient (Wildman–Crippen LogP) is 0.815. The van der Waals surface area contributed by atoms with Crippen molar-refractivity contribution in [3.05, 3.63) is 6.07 Å². The molecule has 1 unspecified atom stereocenters. The number of hydrogen-bond acceptors (Lipinski definition) is 7. The predicted molar refractivity (Wildman–Crippen MR) is 81.4 cm³/mol. The Morgan fingerprint density at radius 2 is 2.38 bits per heavy atom. The van der Waals surface area contributed by atoms with E-state index in [1.165, 1.54) is 7.11 Å². The van der Waals surface area contributed by atoms with E-state index in [0.717, 1.165) is 37.6 Å². The zero-order valence-electron chi connectivity index (χ0n) is 12.4. The molecule has 1 aromatic heterocycles. The highest BCUT2D eigenvalue weighted by Gasteiger charge is 2.25. The first-order valence-corrected chi connectivity index (χ1v) is 7.10. The molecule has 1 aliphatic rings. The molecule has 1 amide bonds. The van der Waals surface area contributed by atoms with Crippen molar-refractivity contribution >= 4 is 23.7 Å². The molecule has 0 saturated carbocycles. The molecule has 21 heavy (non-hydrogen) atoms. The third-order valence-corrected chi connectivity index (χ3v) is 3.31. The van der Waals surface area contributed by atoms with Crippen LogP contribution in [0.2, 0.25) is 0 Å². The van der Waals surface area contributed by atoms with Crippen molar-refractivity contribution < 1.29 is 9.53 Å². The quantitative estimate of drug-likeness (QED) is 0.738. The normalized spacial score (nSPS) is 17.6. The number of nitrogens with one attached hydrogen (secondary N) is 2. The molecule has 1 fully saturated rings. The highest BCUT2D eigenvalue weighted by atomic mass is 16.5. The number of anilines is 3. The van der Waals surface area contributed by atoms with Crippen LogP contribution in [0.15, 0.2) is 6.07 Å². The molecule has 2 rings (SSSR count). The molecule has 0 spiro atoms. The van der Waals surface area contributed by atoms with E-state index in [1.807, 2.05) is 6.07 Å². The van der Waals surface area contributed by atoms with Crippen molar-refractivity contribution in [2.24, 2.45) is 0 Å². The first-order chi connectivity index (χ1) is 10.1. The topological polar surface area (TPSA) is 105 Å². The molecular weight excluding hydrogens is 272 g/mol. The lowest BCUT2D eigenvalue weighted by atomic mass is 10.3. The summed E-state index contributed by atoms with van der Waals surface area (Å²) in [5.74, 6) is 1.74. The summed E-state index contributed by atoms with van der Waals surface area (Å²) in [6, 6.07) is 1.94. The van der Waals surface area contributed by atoms with Gasteiger partial charge in [0.2, 0.25) is 5.95 Å². The third kappa shape index (κ3) is 4.11. The Bertz CT molecular complexity index is 496. The lowest BCUT2D eigenvalue weighted by Crippen LogP contribution is -2.37. The van der Waals surface area contributed by atoms with Crippen molar-refractivity contribution in [2.75, 3.05) is 42.7 Å². The number of nitrogens with zero attached hydrogens (tertiary/aromatic N) is 3. The SMILES string of the molecule is CCCNc1cc(N2CCC(NC(=O)OC)C2)nc(N)n1. The first-order valence-electron chi connectivity index (χ1n) is 7.10. The van der Waals surface area contributed by atoms with Crippen molar-refractivity contribution in [3.8, 4) is 0 Å². The van der Waals surface area contributed by atoms with Crippen molar-refractivity contribution in [3.63, 3.8) is 0 Å². The number of aromatic nitrogens is 2. The van der Waals surface area contributed by atoms with E-state index in [-0.39, 0.29) is 12.0 Å². The number of rotatable bonds is 5. The van der Waals surface area contributed by atoms with Gasteiger partial charge in [0.1, 0.15) is 11.6 Å². The van der Waals surface area contributed by atoms with Gasteiger partial charge in [-0.1, -0.05) is 6.92 Å². The third-order valence-electron chi connectivity index (χ3n) is 3.31. The number of ether oxygens (including phenoxy) is 1. The number of carbonyl (C=O) groups is 1. The number of amides is 1. The molecule has 4 N–H and O–H groups in total. The minimum absolute atomic E-state index is 0.0562. The average Bonchev–Trinajstić information content (AvgIpc) is 2.93. The van der Waals surface area contributed by atoms with Crippen LogP contribution in [-0.4, -0.2) is 48.8 Å². The van der Waals surface area contributed by atoms with Gasteiger partial charge in [-0.05, 0) is 12.8 Å². The van der Waals surface area contributed by atoms with Crippen LogP contribution in [0, 0.1) is 0 Å². The first kappa shape index (κ1) is 15.1. The number of nitrogen functional groups attached to an aromatic ring is 1. The molecule has 1 aliphatic heterocycles. The van der Waals surface area contributed by atoms with Gasteiger partial charge in [-0.3, -0.25) is 0 Å². The molecule has 8 heteroatoms. The van der Waals surface area contributed by atoms with Gasteiger partial charge in [0.05, 0.1) is 13.2 Å². The molecule has 1 aromatic rings. The molecule has 1 atom stereocenters. The number of nitrogens with two attached hydrogens (primary N) is 1. The van der Waals surface area contributed by atoms with E-state index in [4.69, 9.17) is 5.73 Å². The summed E-state index contributed by atoms with van der Waals surface area (Å²) in [5, 5.41) is 6.00. The molecule has 1 saturated heterocycles. The smallest absolute Gasteiger partial charge is 0.407 e. The Morgan fingerprint density at radius 3 is 3.10 bits per heavy atom. The molecular formula is C13H22N6O2. The minimum Gasteiger partial charge on any atom is -0.453 e. The van der Waals surface area contributed by atoms with Gasteiger partial charge in [0, 0.05) is 25.7 Å². The summed E-state index contributed by atoms with van der Waals surface area (Å²) in [6.07, 6.45) is 1.44. The van der Waals surface area contributed by atoms with Gasteiger partial charge in [-0.25, -0.2) is 4.79 Å². The highest BCUT2D eigenvalue weighted by molar-refractivity contribution is 5.67. The van der Waals surface area contributed by atoms with Crippen LogP contribution in [0.3, 0.4) is 0 Å². The van der Waals surface area contributed by atoms with Crippen molar-refractivity contribution in [1.29, 1.82) is 0 Å². The lowest BCUT2D eigenvalue weighted by Gasteiger charge is -2.19. The summed E-state index contributed by atoms with van der Waals surface area (Å²) in [7, 11) is 1.36. The van der Waals surface area contributed by atoms with E-state index < -0.39 is 6.09 Å². The molecule has 0 aromatic carbocycles. The fourth-order valence-electron chi connectivity index (χ4n) is 2.27. The maximum absolute atomic E-state index is 11.2. The van der Waals surface area contributed by atoms with Crippen LogP contribution < -0.4 is 21.3 Å². The number of hydrogen-bond donors (Lipinski definition) is 3. The zero-order chi connectivity index (χ0) is 15.2. The molecule has 0 bridgehead atoms. The monoisotopic (exact) mass is 294 g/mol. The Labute approximate surface area is 124 Å².